The van der Waals surface area contributed by atoms with E-state index >= 15 is 0 Å². The molecule has 0 saturated heterocycles. The standard InChI is InChI=1S/C15H12F3N3O2/c1-8-11(7-9-6-10(22)2-3-12(9)19-8)14-20-13(21-23-14)4-5-15(16,17)18/h2-3,6-7,22H,4-5H2,1H3. The van der Waals surface area contributed by atoms with Crippen molar-refractivity contribution in [2.24, 2.45) is 0 Å². The van der Waals surface area contributed by atoms with E-state index < -0.39 is 12.6 Å². The lowest BCUT2D eigenvalue weighted by Gasteiger charge is -2.04. The van der Waals surface area contributed by atoms with Gasteiger partial charge in [0.05, 0.1) is 23.2 Å². The number of hydrogen-bond donors (Lipinski definition) is 1. The number of phenols is 1. The highest BCUT2D eigenvalue weighted by molar-refractivity contribution is 5.84. The first-order valence-electron chi connectivity index (χ1n) is 6.82. The second kappa shape index (κ2) is 5.53. The first kappa shape index (κ1) is 15.3. The molecule has 0 spiro atoms. The van der Waals surface area contributed by atoms with Crippen LogP contribution < -0.4 is 0 Å². The molecule has 8 heteroatoms. The molecule has 3 rings (SSSR count). The molecule has 2 heterocycles. The fourth-order valence-electron chi connectivity index (χ4n) is 2.20. The van der Waals surface area contributed by atoms with Crippen LogP contribution in [-0.4, -0.2) is 26.4 Å². The van der Waals surface area contributed by atoms with Crippen molar-refractivity contribution in [1.29, 1.82) is 0 Å². The van der Waals surface area contributed by atoms with Crippen LogP contribution in [0.15, 0.2) is 28.8 Å². The van der Waals surface area contributed by atoms with Crippen LogP contribution in [-0.2, 0) is 6.42 Å². The number of aryl methyl sites for hydroxylation is 2. The number of benzene rings is 1. The molecule has 1 aromatic carbocycles. The number of aromatic hydroxyl groups is 1. The molecule has 0 aliphatic heterocycles. The van der Waals surface area contributed by atoms with Crippen LogP contribution in [0.3, 0.4) is 0 Å². The van der Waals surface area contributed by atoms with Crippen LogP contribution in [0, 0.1) is 6.92 Å². The number of phenolic OH excluding ortho intramolecular Hbond substituents is 1. The minimum absolute atomic E-state index is 0.00673. The lowest BCUT2D eigenvalue weighted by Crippen LogP contribution is -2.09. The Morgan fingerprint density at radius 2 is 1.96 bits per heavy atom. The van der Waals surface area contributed by atoms with Crippen molar-refractivity contribution in [2.45, 2.75) is 25.9 Å². The summed E-state index contributed by atoms with van der Waals surface area (Å²) in [5, 5.41) is 13.8. The monoisotopic (exact) mass is 323 g/mol. The fraction of sp³-hybridized carbons (Fsp3) is 0.267. The number of alkyl halides is 3. The van der Waals surface area contributed by atoms with E-state index in [9.17, 15) is 18.3 Å². The molecule has 1 N–H and O–H groups in total. The molecule has 3 aromatic rings. The second-order valence-electron chi connectivity index (χ2n) is 5.13. The van der Waals surface area contributed by atoms with Gasteiger partial charge in [-0.1, -0.05) is 5.16 Å². The van der Waals surface area contributed by atoms with Gasteiger partial charge in [0.15, 0.2) is 5.82 Å². The van der Waals surface area contributed by atoms with Gasteiger partial charge in [-0.3, -0.25) is 4.98 Å². The number of nitrogens with zero attached hydrogens (tertiary/aromatic N) is 3. The highest BCUT2D eigenvalue weighted by Gasteiger charge is 2.27. The minimum atomic E-state index is -4.27. The lowest BCUT2D eigenvalue weighted by atomic mass is 10.1. The average Bonchev–Trinajstić information content (AvgIpc) is 2.93. The molecule has 0 aliphatic rings. The summed E-state index contributed by atoms with van der Waals surface area (Å²) in [6.45, 7) is 1.74. The summed E-state index contributed by atoms with van der Waals surface area (Å²) in [5.74, 6) is 0.190. The highest BCUT2D eigenvalue weighted by atomic mass is 19.4. The van der Waals surface area contributed by atoms with Gasteiger partial charge in [0.25, 0.3) is 5.89 Å². The van der Waals surface area contributed by atoms with Crippen molar-refractivity contribution in [3.63, 3.8) is 0 Å². The van der Waals surface area contributed by atoms with Crippen LogP contribution >= 0.6 is 0 Å². The Kier molecular flexibility index (Phi) is 3.67. The fourth-order valence-corrected chi connectivity index (χ4v) is 2.20. The predicted molar refractivity (Wildman–Crippen MR) is 75.8 cm³/mol. The van der Waals surface area contributed by atoms with Gasteiger partial charge in [0.1, 0.15) is 5.75 Å². The predicted octanol–water partition coefficient (Wildman–Crippen LogP) is 3.79. The second-order valence-corrected chi connectivity index (χ2v) is 5.13. The number of halogens is 3. The van der Waals surface area contributed by atoms with Crippen molar-refractivity contribution in [2.75, 3.05) is 0 Å². The lowest BCUT2D eigenvalue weighted by molar-refractivity contribution is -0.134. The molecule has 0 saturated carbocycles. The first-order chi connectivity index (χ1) is 10.8. The third-order valence-corrected chi connectivity index (χ3v) is 3.32. The zero-order chi connectivity index (χ0) is 16.6. The van der Waals surface area contributed by atoms with Crippen LogP contribution in [0.25, 0.3) is 22.4 Å². The molecule has 0 unspecified atom stereocenters. The van der Waals surface area contributed by atoms with E-state index in [1.807, 2.05) is 0 Å². The number of hydrogen-bond acceptors (Lipinski definition) is 5. The molecular weight excluding hydrogens is 311 g/mol. The zero-order valence-electron chi connectivity index (χ0n) is 12.1. The van der Waals surface area contributed by atoms with Gasteiger partial charge in [-0.2, -0.15) is 18.2 Å². The van der Waals surface area contributed by atoms with Gasteiger partial charge < -0.3 is 9.63 Å². The van der Waals surface area contributed by atoms with Gasteiger partial charge in [0.2, 0.25) is 0 Å². The summed E-state index contributed by atoms with van der Waals surface area (Å²) in [4.78, 5) is 8.36. The van der Waals surface area contributed by atoms with Crippen molar-refractivity contribution in [3.8, 4) is 17.2 Å². The maximum atomic E-state index is 12.2. The maximum absolute atomic E-state index is 12.2. The molecule has 0 fully saturated rings. The van der Waals surface area contributed by atoms with Gasteiger partial charge in [0, 0.05) is 11.8 Å². The van der Waals surface area contributed by atoms with E-state index in [0.29, 0.717) is 22.2 Å². The summed E-state index contributed by atoms with van der Waals surface area (Å²) in [5.41, 5.74) is 1.81. The van der Waals surface area contributed by atoms with Crippen LogP contribution in [0.2, 0.25) is 0 Å². The van der Waals surface area contributed by atoms with E-state index in [0.717, 1.165) is 0 Å². The first-order valence-corrected chi connectivity index (χ1v) is 6.82. The Bertz CT molecular complexity index is 859. The summed E-state index contributed by atoms with van der Waals surface area (Å²) >= 11 is 0. The van der Waals surface area contributed by atoms with Gasteiger partial charge in [-0.25, -0.2) is 0 Å². The third kappa shape index (κ3) is 3.41. The Balaban J connectivity index is 1.94. The molecule has 0 atom stereocenters. The Labute approximate surface area is 128 Å². The molecular formula is C15H12F3N3O2. The van der Waals surface area contributed by atoms with E-state index in [2.05, 4.69) is 15.1 Å². The normalized spacial score (nSPS) is 12.0. The van der Waals surface area contributed by atoms with Crippen LogP contribution in [0.5, 0.6) is 5.75 Å². The molecule has 120 valence electrons. The summed E-state index contributed by atoms with van der Waals surface area (Å²) in [6, 6.07) is 6.44. The third-order valence-electron chi connectivity index (χ3n) is 3.32. The number of pyridine rings is 1. The average molecular weight is 323 g/mol. The van der Waals surface area contributed by atoms with E-state index in [-0.39, 0.29) is 23.9 Å². The maximum Gasteiger partial charge on any atom is 0.389 e. The summed E-state index contributed by atoms with van der Waals surface area (Å²) < 4.78 is 41.7. The van der Waals surface area contributed by atoms with Gasteiger partial charge >= 0.3 is 6.18 Å². The summed E-state index contributed by atoms with van der Waals surface area (Å²) in [7, 11) is 0. The van der Waals surface area contributed by atoms with E-state index in [1.54, 1.807) is 19.1 Å². The Morgan fingerprint density at radius 1 is 1.17 bits per heavy atom. The smallest absolute Gasteiger partial charge is 0.389 e. The topological polar surface area (TPSA) is 72.0 Å². The molecule has 0 aliphatic carbocycles. The summed E-state index contributed by atoms with van der Waals surface area (Å²) in [6.07, 6.45) is -5.61. The number of rotatable bonds is 3. The molecule has 2 aromatic heterocycles. The Hall–Kier alpha value is -2.64. The molecule has 0 bridgehead atoms. The number of aromatic nitrogens is 3. The Morgan fingerprint density at radius 3 is 2.70 bits per heavy atom. The SMILES string of the molecule is Cc1nc2ccc(O)cc2cc1-c1nc(CCC(F)(F)F)no1. The highest BCUT2D eigenvalue weighted by Crippen LogP contribution is 2.28. The largest absolute Gasteiger partial charge is 0.508 e. The molecule has 0 radical (unpaired) electrons. The quantitative estimate of drug-likeness (QED) is 0.794. The molecule has 5 nitrogen and oxygen atoms in total. The van der Waals surface area contributed by atoms with Crippen molar-refractivity contribution < 1.29 is 22.8 Å². The van der Waals surface area contributed by atoms with Gasteiger partial charge in [-0.15, -0.1) is 0 Å². The van der Waals surface area contributed by atoms with Crippen molar-refractivity contribution in [3.05, 3.63) is 35.8 Å². The van der Waals surface area contributed by atoms with Crippen LogP contribution in [0.1, 0.15) is 17.9 Å². The van der Waals surface area contributed by atoms with Crippen molar-refractivity contribution >= 4 is 10.9 Å². The van der Waals surface area contributed by atoms with Crippen LogP contribution in [0.4, 0.5) is 13.2 Å². The zero-order valence-corrected chi connectivity index (χ0v) is 12.1. The minimum Gasteiger partial charge on any atom is -0.508 e. The number of fused-ring (bicyclic) bond motifs is 1. The van der Waals surface area contributed by atoms with E-state index in [1.165, 1.54) is 12.1 Å². The van der Waals surface area contributed by atoms with Gasteiger partial charge in [-0.05, 0) is 31.2 Å². The molecule has 23 heavy (non-hydrogen) atoms. The molecule has 0 amide bonds. The van der Waals surface area contributed by atoms with Crippen molar-refractivity contribution in [1.82, 2.24) is 15.1 Å². The van der Waals surface area contributed by atoms with E-state index in [4.69, 9.17) is 4.52 Å².